The van der Waals surface area contributed by atoms with Gasteiger partial charge in [0.2, 0.25) is 5.91 Å². The summed E-state index contributed by atoms with van der Waals surface area (Å²) in [4.78, 5) is 15.4. The monoisotopic (exact) mass is 408 g/mol. The standard InChI is InChI=1S/C26H33FN2O/c1-2-25(22-12-11-20-6-3-4-7-21(20)16-22)28-26(30)23-8-5-15-29(18-23)17-19-9-13-24(27)14-10-19/h9-14,16,23,25H,2-8,15,17-18H2,1H3,(H,28,30)/t23-,25+/m0/s1. The summed E-state index contributed by atoms with van der Waals surface area (Å²) in [5.74, 6) is -0.0170. The van der Waals surface area contributed by atoms with Gasteiger partial charge in [0, 0.05) is 13.1 Å². The molecule has 0 bridgehead atoms. The Balaban J connectivity index is 1.37. The highest BCUT2D eigenvalue weighted by Crippen LogP contribution is 2.27. The van der Waals surface area contributed by atoms with Gasteiger partial charge in [0.15, 0.2) is 0 Å². The SMILES string of the molecule is CC[C@@H](NC(=O)[C@H]1CCCN(Cc2ccc(F)cc2)C1)c1ccc2c(c1)CCCC2. The number of nitrogens with one attached hydrogen (secondary N) is 1. The van der Waals surface area contributed by atoms with E-state index in [1.165, 1.54) is 48.1 Å². The Kier molecular flexibility index (Phi) is 6.83. The van der Waals surface area contributed by atoms with E-state index in [4.69, 9.17) is 0 Å². The fraction of sp³-hybridized carbons (Fsp3) is 0.500. The lowest BCUT2D eigenvalue weighted by molar-refractivity contribution is -0.127. The summed E-state index contributed by atoms with van der Waals surface area (Å²) >= 11 is 0. The van der Waals surface area contributed by atoms with Crippen LogP contribution < -0.4 is 5.32 Å². The molecule has 1 fully saturated rings. The Morgan fingerprint density at radius 1 is 1.10 bits per heavy atom. The first kappa shape index (κ1) is 21.0. The van der Waals surface area contributed by atoms with Gasteiger partial charge in [-0.15, -0.1) is 0 Å². The topological polar surface area (TPSA) is 32.3 Å². The van der Waals surface area contributed by atoms with E-state index >= 15 is 0 Å². The van der Waals surface area contributed by atoms with Crippen molar-refractivity contribution < 1.29 is 9.18 Å². The second-order valence-electron chi connectivity index (χ2n) is 8.91. The summed E-state index contributed by atoms with van der Waals surface area (Å²) < 4.78 is 13.2. The van der Waals surface area contributed by atoms with Crippen molar-refractivity contribution in [1.29, 1.82) is 0 Å². The maximum Gasteiger partial charge on any atom is 0.224 e. The van der Waals surface area contributed by atoms with Crippen LogP contribution in [0.5, 0.6) is 0 Å². The first-order valence-corrected chi connectivity index (χ1v) is 11.5. The number of amides is 1. The minimum absolute atomic E-state index is 0.0193. The predicted molar refractivity (Wildman–Crippen MR) is 119 cm³/mol. The Morgan fingerprint density at radius 2 is 1.87 bits per heavy atom. The van der Waals surface area contributed by atoms with Crippen LogP contribution in [0.25, 0.3) is 0 Å². The Morgan fingerprint density at radius 3 is 2.63 bits per heavy atom. The molecule has 2 aromatic rings. The average molecular weight is 409 g/mol. The van der Waals surface area contributed by atoms with Crippen molar-refractivity contribution in [3.63, 3.8) is 0 Å². The molecule has 4 rings (SSSR count). The summed E-state index contributed by atoms with van der Waals surface area (Å²) in [5.41, 5.74) is 5.29. The van der Waals surface area contributed by atoms with E-state index in [0.717, 1.165) is 50.9 Å². The largest absolute Gasteiger partial charge is 0.349 e. The molecule has 160 valence electrons. The van der Waals surface area contributed by atoms with E-state index in [-0.39, 0.29) is 23.7 Å². The number of halogens is 1. The van der Waals surface area contributed by atoms with Gasteiger partial charge in [0.1, 0.15) is 5.82 Å². The Labute approximate surface area is 179 Å². The summed E-state index contributed by atoms with van der Waals surface area (Å²) in [7, 11) is 0. The van der Waals surface area contributed by atoms with Crippen LogP contribution in [0.4, 0.5) is 4.39 Å². The second kappa shape index (κ2) is 9.74. The highest BCUT2D eigenvalue weighted by molar-refractivity contribution is 5.79. The lowest BCUT2D eigenvalue weighted by Gasteiger charge is -2.33. The van der Waals surface area contributed by atoms with Gasteiger partial charge in [-0.25, -0.2) is 4.39 Å². The van der Waals surface area contributed by atoms with E-state index in [1.807, 2.05) is 12.1 Å². The van der Waals surface area contributed by atoms with Crippen LogP contribution in [0.15, 0.2) is 42.5 Å². The molecule has 1 amide bonds. The first-order valence-electron chi connectivity index (χ1n) is 11.5. The molecule has 1 N–H and O–H groups in total. The zero-order valence-electron chi connectivity index (χ0n) is 18.0. The Hall–Kier alpha value is -2.20. The molecular weight excluding hydrogens is 375 g/mol. The van der Waals surface area contributed by atoms with Crippen LogP contribution in [-0.2, 0) is 24.2 Å². The molecule has 2 aliphatic rings. The number of benzene rings is 2. The molecule has 30 heavy (non-hydrogen) atoms. The van der Waals surface area contributed by atoms with Crippen LogP contribution in [0, 0.1) is 11.7 Å². The zero-order chi connectivity index (χ0) is 20.9. The third kappa shape index (κ3) is 5.10. The van der Waals surface area contributed by atoms with Gasteiger partial charge in [-0.2, -0.15) is 0 Å². The smallest absolute Gasteiger partial charge is 0.224 e. The third-order valence-electron chi connectivity index (χ3n) is 6.70. The fourth-order valence-corrected chi connectivity index (χ4v) is 4.94. The van der Waals surface area contributed by atoms with E-state index in [9.17, 15) is 9.18 Å². The quantitative estimate of drug-likeness (QED) is 0.714. The number of hydrogen-bond acceptors (Lipinski definition) is 2. The molecular formula is C26H33FN2O. The van der Waals surface area contributed by atoms with Crippen LogP contribution in [0.1, 0.15) is 67.3 Å². The number of hydrogen-bond donors (Lipinski definition) is 1. The molecule has 2 atom stereocenters. The third-order valence-corrected chi connectivity index (χ3v) is 6.70. The van der Waals surface area contributed by atoms with Crippen LogP contribution >= 0.6 is 0 Å². The van der Waals surface area contributed by atoms with Gasteiger partial charge in [-0.05, 0) is 85.9 Å². The molecule has 0 unspecified atom stereocenters. The average Bonchev–Trinajstić information content (AvgIpc) is 2.78. The fourth-order valence-electron chi connectivity index (χ4n) is 4.94. The zero-order valence-corrected chi connectivity index (χ0v) is 18.0. The summed E-state index contributed by atoms with van der Waals surface area (Å²) in [6.45, 7) is 4.67. The first-order chi connectivity index (χ1) is 14.6. The summed E-state index contributed by atoms with van der Waals surface area (Å²) in [5, 5.41) is 3.34. The number of carbonyl (C=O) groups is 1. The van der Waals surface area contributed by atoms with Crippen molar-refractivity contribution in [2.45, 2.75) is 64.5 Å². The number of piperidine rings is 1. The van der Waals surface area contributed by atoms with Gasteiger partial charge < -0.3 is 5.32 Å². The highest BCUT2D eigenvalue weighted by atomic mass is 19.1. The van der Waals surface area contributed by atoms with Crippen molar-refractivity contribution in [3.8, 4) is 0 Å². The number of fused-ring (bicyclic) bond motifs is 1. The van der Waals surface area contributed by atoms with Crippen molar-refractivity contribution in [1.82, 2.24) is 10.2 Å². The lowest BCUT2D eigenvalue weighted by atomic mass is 9.88. The number of nitrogens with zero attached hydrogens (tertiary/aromatic N) is 1. The molecule has 4 heteroatoms. The van der Waals surface area contributed by atoms with Crippen molar-refractivity contribution >= 4 is 5.91 Å². The van der Waals surface area contributed by atoms with Crippen LogP contribution in [-0.4, -0.2) is 23.9 Å². The molecule has 1 heterocycles. The molecule has 0 saturated carbocycles. The maximum absolute atomic E-state index is 13.2. The molecule has 0 aromatic heterocycles. The number of carbonyl (C=O) groups excluding carboxylic acids is 1. The molecule has 2 aromatic carbocycles. The van der Waals surface area contributed by atoms with E-state index in [0.29, 0.717) is 0 Å². The lowest BCUT2D eigenvalue weighted by Crippen LogP contribution is -2.43. The number of aryl methyl sites for hydroxylation is 2. The summed E-state index contributed by atoms with van der Waals surface area (Å²) in [6, 6.07) is 13.6. The Bertz CT molecular complexity index is 864. The van der Waals surface area contributed by atoms with Crippen molar-refractivity contribution in [2.75, 3.05) is 13.1 Å². The van der Waals surface area contributed by atoms with Gasteiger partial charge in [0.25, 0.3) is 0 Å². The molecule has 3 nitrogen and oxygen atoms in total. The van der Waals surface area contributed by atoms with Crippen molar-refractivity contribution in [3.05, 3.63) is 70.5 Å². The minimum Gasteiger partial charge on any atom is -0.349 e. The minimum atomic E-state index is -0.206. The summed E-state index contributed by atoms with van der Waals surface area (Å²) in [6.07, 6.45) is 7.76. The highest BCUT2D eigenvalue weighted by Gasteiger charge is 2.27. The maximum atomic E-state index is 13.2. The van der Waals surface area contributed by atoms with Gasteiger partial charge in [0.05, 0.1) is 12.0 Å². The molecule has 1 saturated heterocycles. The van der Waals surface area contributed by atoms with Gasteiger partial charge in [-0.1, -0.05) is 37.3 Å². The van der Waals surface area contributed by atoms with Crippen LogP contribution in [0.3, 0.4) is 0 Å². The predicted octanol–water partition coefficient (Wildman–Crippen LogP) is 5.18. The van der Waals surface area contributed by atoms with Gasteiger partial charge >= 0.3 is 0 Å². The van der Waals surface area contributed by atoms with E-state index < -0.39 is 0 Å². The molecule has 1 aliphatic carbocycles. The van der Waals surface area contributed by atoms with Crippen LogP contribution in [0.2, 0.25) is 0 Å². The molecule has 0 spiro atoms. The normalized spacial score (nSPS) is 20.4. The number of rotatable bonds is 6. The number of likely N-dealkylation sites (tertiary alicyclic amines) is 1. The van der Waals surface area contributed by atoms with Gasteiger partial charge in [-0.3, -0.25) is 9.69 Å². The second-order valence-corrected chi connectivity index (χ2v) is 8.91. The van der Waals surface area contributed by atoms with E-state index in [2.05, 4.69) is 35.3 Å². The van der Waals surface area contributed by atoms with Crippen molar-refractivity contribution in [2.24, 2.45) is 5.92 Å². The van der Waals surface area contributed by atoms with E-state index in [1.54, 1.807) is 0 Å². The molecule has 0 radical (unpaired) electrons. The molecule has 1 aliphatic heterocycles.